The van der Waals surface area contributed by atoms with Crippen molar-refractivity contribution in [3.63, 3.8) is 0 Å². The van der Waals surface area contributed by atoms with Crippen molar-refractivity contribution in [2.45, 2.75) is 45.3 Å². The van der Waals surface area contributed by atoms with Crippen molar-refractivity contribution < 1.29 is 0 Å². The number of hydrogen-bond acceptors (Lipinski definition) is 3. The molecule has 6 heteroatoms. The van der Waals surface area contributed by atoms with Crippen LogP contribution < -0.4 is 5.73 Å². The van der Waals surface area contributed by atoms with E-state index in [2.05, 4.69) is 59.7 Å². The van der Waals surface area contributed by atoms with Gasteiger partial charge in [-0.2, -0.15) is 0 Å². The molecule has 0 amide bonds. The number of anilines is 1. The summed E-state index contributed by atoms with van der Waals surface area (Å²) in [5.41, 5.74) is 10.4. The molecule has 2 aromatic carbocycles. The first-order valence-corrected chi connectivity index (χ1v) is 9.19. The van der Waals surface area contributed by atoms with Crippen LogP contribution in [-0.4, -0.2) is 21.0 Å². The zero-order valence-corrected chi connectivity index (χ0v) is 17.5. The van der Waals surface area contributed by atoms with Crippen LogP contribution in [0.4, 0.5) is 5.69 Å². The molecule has 2 N–H and O–H groups in total. The molecule has 0 bridgehead atoms. The Labute approximate surface area is 173 Å². The molecule has 146 valence electrons. The van der Waals surface area contributed by atoms with Crippen molar-refractivity contribution >= 4 is 41.5 Å². The Kier molecular flexibility index (Phi) is 7.15. The van der Waals surface area contributed by atoms with Gasteiger partial charge in [0.15, 0.2) is 0 Å². The molecular formula is C21H28Cl2N4. The maximum Gasteiger partial charge on any atom is 0.127 e. The van der Waals surface area contributed by atoms with Crippen LogP contribution in [0.1, 0.15) is 50.2 Å². The quantitative estimate of drug-likeness (QED) is 0.591. The van der Waals surface area contributed by atoms with Gasteiger partial charge in [-0.25, -0.2) is 4.98 Å². The monoisotopic (exact) mass is 406 g/mol. The molecule has 1 aliphatic rings. The average molecular weight is 407 g/mol. The van der Waals surface area contributed by atoms with Gasteiger partial charge in [0.25, 0.3) is 0 Å². The molecule has 1 saturated heterocycles. The Balaban J connectivity index is 0.00000131. The number of nitrogens with zero attached hydrogens (tertiary/aromatic N) is 3. The lowest BCUT2D eigenvalue weighted by Crippen LogP contribution is -2.25. The standard InChI is InChI=1S/C21H26N4.2ClH/c1-15(2)25-19-10-4-3-9-18(19)23-21(25)20-11-6-12-24(20)14-16-7-5-8-17(22)13-16;;/h3-5,7-10,13,15,20H,6,11-12,14,22H2,1-2H3;2*1H. The van der Waals surface area contributed by atoms with E-state index in [9.17, 15) is 0 Å². The van der Waals surface area contributed by atoms with Crippen LogP contribution in [0.5, 0.6) is 0 Å². The number of aromatic nitrogens is 2. The van der Waals surface area contributed by atoms with Crippen LogP contribution in [0.3, 0.4) is 0 Å². The number of halogens is 2. The molecule has 1 fully saturated rings. The van der Waals surface area contributed by atoms with Crippen LogP contribution in [0, 0.1) is 0 Å². The number of likely N-dealkylation sites (tertiary alicyclic amines) is 1. The highest BCUT2D eigenvalue weighted by molar-refractivity contribution is 5.85. The first kappa shape index (κ1) is 21.5. The highest BCUT2D eigenvalue weighted by atomic mass is 35.5. The van der Waals surface area contributed by atoms with Crippen LogP contribution in [0.15, 0.2) is 48.5 Å². The van der Waals surface area contributed by atoms with E-state index < -0.39 is 0 Å². The van der Waals surface area contributed by atoms with Crippen molar-refractivity contribution in [3.05, 3.63) is 59.9 Å². The minimum atomic E-state index is 0. The Morgan fingerprint density at radius 3 is 2.63 bits per heavy atom. The number of para-hydroxylation sites is 2. The summed E-state index contributed by atoms with van der Waals surface area (Å²) in [6.45, 7) is 6.53. The lowest BCUT2D eigenvalue weighted by atomic mass is 10.1. The third kappa shape index (κ3) is 4.23. The average Bonchev–Trinajstić information content (AvgIpc) is 3.18. The Bertz CT molecular complexity index is 891. The Morgan fingerprint density at radius 1 is 1.11 bits per heavy atom. The summed E-state index contributed by atoms with van der Waals surface area (Å²) in [6.07, 6.45) is 2.38. The zero-order chi connectivity index (χ0) is 17.4. The van der Waals surface area contributed by atoms with E-state index in [-0.39, 0.29) is 24.8 Å². The predicted molar refractivity (Wildman–Crippen MR) is 118 cm³/mol. The molecule has 4 nitrogen and oxygen atoms in total. The van der Waals surface area contributed by atoms with Crippen molar-refractivity contribution in [1.29, 1.82) is 0 Å². The summed E-state index contributed by atoms with van der Waals surface area (Å²) >= 11 is 0. The van der Waals surface area contributed by atoms with E-state index in [1.807, 2.05) is 12.1 Å². The fourth-order valence-corrected chi connectivity index (χ4v) is 4.07. The van der Waals surface area contributed by atoms with Crippen molar-refractivity contribution in [2.24, 2.45) is 0 Å². The minimum Gasteiger partial charge on any atom is -0.399 e. The van der Waals surface area contributed by atoms with Gasteiger partial charge in [0.1, 0.15) is 5.82 Å². The molecule has 0 saturated carbocycles. The van der Waals surface area contributed by atoms with Crippen molar-refractivity contribution in [3.8, 4) is 0 Å². The van der Waals surface area contributed by atoms with Gasteiger partial charge in [0.2, 0.25) is 0 Å². The molecule has 27 heavy (non-hydrogen) atoms. The minimum absolute atomic E-state index is 0. The largest absolute Gasteiger partial charge is 0.399 e. The molecule has 0 spiro atoms. The van der Waals surface area contributed by atoms with Gasteiger partial charge in [-0.1, -0.05) is 24.3 Å². The number of hydrogen-bond donors (Lipinski definition) is 1. The van der Waals surface area contributed by atoms with E-state index in [1.165, 1.54) is 29.7 Å². The summed E-state index contributed by atoms with van der Waals surface area (Å²) < 4.78 is 2.41. The second kappa shape index (κ2) is 8.96. The second-order valence-corrected chi connectivity index (χ2v) is 7.30. The molecule has 3 aromatic rings. The normalized spacial score (nSPS) is 17.1. The number of fused-ring (bicyclic) bond motifs is 1. The number of imidazole rings is 1. The Morgan fingerprint density at radius 2 is 1.89 bits per heavy atom. The number of nitrogen functional groups attached to an aromatic ring is 1. The van der Waals surface area contributed by atoms with Gasteiger partial charge >= 0.3 is 0 Å². The van der Waals surface area contributed by atoms with Gasteiger partial charge < -0.3 is 10.3 Å². The summed E-state index contributed by atoms with van der Waals surface area (Å²) in [6, 6.07) is 17.5. The molecular weight excluding hydrogens is 379 g/mol. The van der Waals surface area contributed by atoms with Gasteiger partial charge in [0, 0.05) is 18.3 Å². The molecule has 2 heterocycles. The molecule has 0 aliphatic carbocycles. The van der Waals surface area contributed by atoms with Gasteiger partial charge in [-0.05, 0) is 63.1 Å². The summed E-state index contributed by atoms with van der Waals surface area (Å²) in [5.74, 6) is 1.21. The van der Waals surface area contributed by atoms with E-state index in [0.717, 1.165) is 24.3 Å². The van der Waals surface area contributed by atoms with Crippen LogP contribution in [0.25, 0.3) is 11.0 Å². The van der Waals surface area contributed by atoms with Crippen molar-refractivity contribution in [1.82, 2.24) is 14.5 Å². The van der Waals surface area contributed by atoms with Crippen LogP contribution in [0.2, 0.25) is 0 Å². The second-order valence-electron chi connectivity index (χ2n) is 7.30. The molecule has 4 rings (SSSR count). The topological polar surface area (TPSA) is 47.1 Å². The molecule has 1 aliphatic heterocycles. The van der Waals surface area contributed by atoms with Crippen LogP contribution >= 0.6 is 24.8 Å². The maximum atomic E-state index is 5.96. The van der Waals surface area contributed by atoms with Crippen molar-refractivity contribution in [2.75, 3.05) is 12.3 Å². The first-order valence-electron chi connectivity index (χ1n) is 9.19. The first-order chi connectivity index (χ1) is 12.1. The lowest BCUT2D eigenvalue weighted by molar-refractivity contribution is 0.234. The number of nitrogens with two attached hydrogens (primary N) is 1. The Hall–Kier alpha value is -1.75. The zero-order valence-electron chi connectivity index (χ0n) is 15.8. The number of benzene rings is 2. The molecule has 0 radical (unpaired) electrons. The lowest BCUT2D eigenvalue weighted by Gasteiger charge is -2.26. The predicted octanol–water partition coefficient (Wildman–Crippen LogP) is 5.38. The third-order valence-electron chi connectivity index (χ3n) is 5.14. The van der Waals surface area contributed by atoms with Crippen LogP contribution in [-0.2, 0) is 6.54 Å². The molecule has 1 aromatic heterocycles. The smallest absolute Gasteiger partial charge is 0.127 e. The van der Waals surface area contributed by atoms with Gasteiger partial charge in [-0.15, -0.1) is 24.8 Å². The summed E-state index contributed by atoms with van der Waals surface area (Å²) in [7, 11) is 0. The van der Waals surface area contributed by atoms with E-state index in [1.54, 1.807) is 0 Å². The fraction of sp³-hybridized carbons (Fsp3) is 0.381. The highest BCUT2D eigenvalue weighted by Gasteiger charge is 2.31. The number of rotatable bonds is 4. The maximum absolute atomic E-state index is 5.96. The highest BCUT2D eigenvalue weighted by Crippen LogP contribution is 2.36. The SMILES string of the molecule is CC(C)n1c(C2CCCN2Cc2cccc(N)c2)nc2ccccc21.Cl.Cl. The van der Waals surface area contributed by atoms with E-state index in [4.69, 9.17) is 10.7 Å². The summed E-state index contributed by atoms with van der Waals surface area (Å²) in [5, 5.41) is 0. The van der Waals surface area contributed by atoms with E-state index >= 15 is 0 Å². The van der Waals surface area contributed by atoms with Gasteiger partial charge in [0.05, 0.1) is 17.1 Å². The fourth-order valence-electron chi connectivity index (χ4n) is 4.07. The van der Waals surface area contributed by atoms with Gasteiger partial charge in [-0.3, -0.25) is 4.90 Å². The third-order valence-corrected chi connectivity index (χ3v) is 5.14. The molecule has 1 unspecified atom stereocenters. The van der Waals surface area contributed by atoms with E-state index in [0.29, 0.717) is 12.1 Å². The molecule has 1 atom stereocenters. The summed E-state index contributed by atoms with van der Waals surface area (Å²) in [4.78, 5) is 7.57.